The first kappa shape index (κ1) is 35.7. The minimum atomic E-state index is -4.91. The van der Waals surface area contributed by atoms with E-state index in [9.17, 15) is 27.9 Å². The lowest BCUT2D eigenvalue weighted by atomic mass is 9.81. The Morgan fingerprint density at radius 2 is 1.71 bits per heavy atom. The van der Waals surface area contributed by atoms with Gasteiger partial charge in [-0.15, -0.1) is 13.2 Å². The molecule has 1 saturated carbocycles. The van der Waals surface area contributed by atoms with Crippen LogP contribution >= 0.6 is 11.6 Å². The molecule has 0 saturated heterocycles. The van der Waals surface area contributed by atoms with Gasteiger partial charge < -0.3 is 34.4 Å². The molecule has 1 heterocycles. The van der Waals surface area contributed by atoms with E-state index in [1.807, 2.05) is 0 Å². The third kappa shape index (κ3) is 7.66. The van der Waals surface area contributed by atoms with Crippen LogP contribution in [-0.4, -0.2) is 55.4 Å². The number of carbonyl (C=O) groups excluding carboxylic acids is 1. The summed E-state index contributed by atoms with van der Waals surface area (Å²) in [6, 6.07) is 12.9. The predicted octanol–water partition coefficient (Wildman–Crippen LogP) is 7.87. The average molecular weight is 704 g/mol. The van der Waals surface area contributed by atoms with Crippen molar-refractivity contribution < 1.29 is 46.9 Å². The molecule has 0 aromatic heterocycles. The van der Waals surface area contributed by atoms with E-state index in [4.69, 9.17) is 25.9 Å². The van der Waals surface area contributed by atoms with Gasteiger partial charge in [0.2, 0.25) is 5.60 Å². The fourth-order valence-corrected chi connectivity index (χ4v) is 6.49. The summed E-state index contributed by atoms with van der Waals surface area (Å²) in [4.78, 5) is 33.2. The highest BCUT2D eigenvalue weighted by Gasteiger charge is 2.48. The zero-order chi connectivity index (χ0) is 35.7. The summed E-state index contributed by atoms with van der Waals surface area (Å²) < 4.78 is 55.2. The molecular formula is C35H37ClF3N3O7. The lowest BCUT2D eigenvalue weighted by molar-refractivity contribution is -0.274. The number of carbonyl (C=O) groups is 2. The second-order valence-corrected chi connectivity index (χ2v) is 13.1. The molecule has 10 nitrogen and oxygen atoms in total. The highest BCUT2D eigenvalue weighted by atomic mass is 35.5. The molecule has 1 aliphatic heterocycles. The summed E-state index contributed by atoms with van der Waals surface area (Å²) in [5.41, 5.74) is 0.833. The maximum atomic E-state index is 14.8. The number of hydrogen-bond donors (Lipinski definition) is 2. The Labute approximate surface area is 286 Å². The maximum Gasteiger partial charge on any atom is 0.573 e. The number of aliphatic carboxylic acids is 1. The molecule has 1 unspecified atom stereocenters. The zero-order valence-electron chi connectivity index (χ0n) is 27.6. The number of carboxylic acid groups (broad SMARTS) is 1. The van der Waals surface area contributed by atoms with Crippen LogP contribution in [0.2, 0.25) is 5.02 Å². The second-order valence-electron chi connectivity index (χ2n) is 12.6. The zero-order valence-corrected chi connectivity index (χ0v) is 28.4. The molecule has 14 heteroatoms. The first-order valence-electron chi connectivity index (χ1n) is 15.5. The number of rotatable bonds is 11. The molecule has 0 radical (unpaired) electrons. The molecule has 1 atom stereocenters. The Morgan fingerprint density at radius 1 is 1.00 bits per heavy atom. The van der Waals surface area contributed by atoms with Crippen LogP contribution in [0.15, 0.2) is 59.8 Å². The van der Waals surface area contributed by atoms with Crippen molar-refractivity contribution in [3.63, 3.8) is 0 Å². The summed E-state index contributed by atoms with van der Waals surface area (Å²) >= 11 is 6.28. The summed E-state index contributed by atoms with van der Waals surface area (Å²) in [7, 11) is 2.91. The molecule has 1 aliphatic carbocycles. The smallest absolute Gasteiger partial charge is 0.497 e. The van der Waals surface area contributed by atoms with Gasteiger partial charge in [-0.2, -0.15) is 0 Å². The predicted molar refractivity (Wildman–Crippen MR) is 178 cm³/mol. The fraction of sp³-hybridized carbons (Fsp3) is 0.400. The highest BCUT2D eigenvalue weighted by molar-refractivity contribution is 6.30. The summed E-state index contributed by atoms with van der Waals surface area (Å²) in [5.74, 6) is -1.36. The molecule has 1 amide bonds. The van der Waals surface area contributed by atoms with E-state index in [0.717, 1.165) is 31.2 Å². The Kier molecular flexibility index (Phi) is 9.96. The highest BCUT2D eigenvalue weighted by Crippen LogP contribution is 2.52. The number of oxime groups is 1. The molecule has 3 aromatic rings. The molecule has 2 aliphatic rings. The van der Waals surface area contributed by atoms with E-state index in [0.29, 0.717) is 44.7 Å². The van der Waals surface area contributed by atoms with Crippen molar-refractivity contribution >= 4 is 40.6 Å². The maximum absolute atomic E-state index is 14.8. The number of fused-ring (bicyclic) bond motifs is 2. The Bertz CT molecular complexity index is 1770. The van der Waals surface area contributed by atoms with Crippen LogP contribution in [0.1, 0.15) is 69.2 Å². The Balaban J connectivity index is 1.59. The number of anilines is 2. The molecule has 1 fully saturated rings. The first-order valence-corrected chi connectivity index (χ1v) is 15.9. The monoisotopic (exact) mass is 703 g/mol. The van der Waals surface area contributed by atoms with Crippen LogP contribution in [-0.2, 0) is 19.8 Å². The number of ether oxygens (including phenoxy) is 3. The van der Waals surface area contributed by atoms with Crippen molar-refractivity contribution in [3.05, 3.63) is 76.3 Å². The molecule has 0 bridgehead atoms. The quantitative estimate of drug-likeness (QED) is 0.153. The molecule has 2 N–H and O–H groups in total. The van der Waals surface area contributed by atoms with Gasteiger partial charge in [-0.25, -0.2) is 4.79 Å². The number of benzene rings is 3. The first-order chi connectivity index (χ1) is 23.1. The molecule has 49 heavy (non-hydrogen) atoms. The Morgan fingerprint density at radius 3 is 2.35 bits per heavy atom. The van der Waals surface area contributed by atoms with Crippen LogP contribution in [0, 0.1) is 0 Å². The van der Waals surface area contributed by atoms with Gasteiger partial charge in [0.15, 0.2) is 0 Å². The second kappa shape index (κ2) is 13.7. The third-order valence-corrected chi connectivity index (χ3v) is 9.14. The van der Waals surface area contributed by atoms with Crippen LogP contribution < -0.4 is 24.4 Å². The number of carboxylic acids is 1. The van der Waals surface area contributed by atoms with Crippen LogP contribution in [0.4, 0.5) is 24.5 Å². The van der Waals surface area contributed by atoms with Crippen molar-refractivity contribution in [1.82, 2.24) is 0 Å². The number of alkyl halides is 3. The van der Waals surface area contributed by atoms with E-state index in [1.54, 1.807) is 49.4 Å². The van der Waals surface area contributed by atoms with E-state index >= 15 is 0 Å². The SMILES string of the molecule is COc1cc(NC(C(=O)N2CC3(CCCC3)c3ccc(OC(F)(F)F)cc32)c2ccc(Cl)cc2OC)cc(/C(C)=N/OC(C)(C)C(=O)O)c1. The fourth-order valence-electron chi connectivity index (χ4n) is 6.33. The van der Waals surface area contributed by atoms with Gasteiger partial charge >= 0.3 is 12.3 Å². The molecule has 5 rings (SSSR count). The van der Waals surface area contributed by atoms with Crippen molar-refractivity contribution in [3.8, 4) is 17.2 Å². The van der Waals surface area contributed by atoms with Gasteiger partial charge in [0, 0.05) is 45.9 Å². The van der Waals surface area contributed by atoms with E-state index < -0.39 is 41.0 Å². The normalized spacial score (nSPS) is 16.3. The molecule has 262 valence electrons. The van der Waals surface area contributed by atoms with Crippen molar-refractivity contribution in [2.75, 3.05) is 31.0 Å². The van der Waals surface area contributed by atoms with Gasteiger partial charge in [-0.1, -0.05) is 41.7 Å². The van der Waals surface area contributed by atoms with Crippen LogP contribution in [0.5, 0.6) is 17.2 Å². The minimum Gasteiger partial charge on any atom is -0.497 e. The summed E-state index contributed by atoms with van der Waals surface area (Å²) in [6.45, 7) is 4.64. The van der Waals surface area contributed by atoms with Crippen LogP contribution in [0.3, 0.4) is 0 Å². The molecular weight excluding hydrogens is 667 g/mol. The number of nitrogens with zero attached hydrogens (tertiary/aromatic N) is 2. The van der Waals surface area contributed by atoms with E-state index in [-0.39, 0.29) is 6.54 Å². The number of methoxy groups -OCH3 is 2. The number of halogens is 4. The van der Waals surface area contributed by atoms with E-state index in [2.05, 4.69) is 15.2 Å². The Hall–Kier alpha value is -4.65. The van der Waals surface area contributed by atoms with E-state index in [1.165, 1.54) is 45.1 Å². The summed E-state index contributed by atoms with van der Waals surface area (Å²) in [5, 5.41) is 17.1. The summed E-state index contributed by atoms with van der Waals surface area (Å²) in [6.07, 6.45) is -1.49. The largest absolute Gasteiger partial charge is 0.573 e. The lowest BCUT2D eigenvalue weighted by Crippen LogP contribution is -2.40. The van der Waals surface area contributed by atoms with Crippen LogP contribution in [0.25, 0.3) is 0 Å². The average Bonchev–Trinajstić information content (AvgIpc) is 3.65. The van der Waals surface area contributed by atoms with Gasteiger partial charge in [0.05, 0.1) is 25.6 Å². The number of hydrogen-bond acceptors (Lipinski definition) is 8. The van der Waals surface area contributed by atoms with Crippen molar-refractivity contribution in [2.45, 2.75) is 69.9 Å². The number of amides is 1. The van der Waals surface area contributed by atoms with Gasteiger partial charge in [-0.3, -0.25) is 4.79 Å². The van der Waals surface area contributed by atoms with Crippen molar-refractivity contribution in [2.24, 2.45) is 5.16 Å². The molecule has 1 spiro atoms. The topological polar surface area (TPSA) is 119 Å². The standard InChI is InChI=1S/C35H37ClF3N3O7/c1-20(41-49-33(2,3)32(44)45)21-14-23(17-25(15-21)46-4)40-30(26-10-8-22(36)16-29(26)47-5)31(43)42-19-34(12-6-7-13-34)27-11-9-24(18-28(27)42)48-35(37,38)39/h8-11,14-18,30,40H,6-7,12-13,19H2,1-5H3,(H,44,45)/b41-20+. The third-order valence-electron chi connectivity index (χ3n) is 8.90. The van der Waals surface area contributed by atoms with Crippen molar-refractivity contribution in [1.29, 1.82) is 0 Å². The lowest BCUT2D eigenvalue weighted by Gasteiger charge is -2.29. The van der Waals surface area contributed by atoms with Gasteiger partial charge in [0.1, 0.15) is 23.3 Å². The number of nitrogens with one attached hydrogen (secondary N) is 1. The molecule has 3 aromatic carbocycles. The van der Waals surface area contributed by atoms with Gasteiger partial charge in [0.25, 0.3) is 5.91 Å². The van der Waals surface area contributed by atoms with Gasteiger partial charge in [-0.05, 0) is 69.5 Å². The minimum absolute atomic E-state index is 0.274.